The first-order chi connectivity index (χ1) is 7.61. The quantitative estimate of drug-likeness (QED) is 0.857. The van der Waals surface area contributed by atoms with Crippen molar-refractivity contribution in [3.63, 3.8) is 0 Å². The second-order valence-electron chi connectivity index (χ2n) is 4.32. The minimum Gasteiger partial charge on any atom is -0.369 e. The van der Waals surface area contributed by atoms with E-state index < -0.39 is 0 Å². The van der Waals surface area contributed by atoms with E-state index in [2.05, 4.69) is 33.8 Å². The van der Waals surface area contributed by atoms with E-state index in [1.807, 2.05) is 18.2 Å². The average molecular weight is 280 g/mol. The summed E-state index contributed by atoms with van der Waals surface area (Å²) >= 11 is 3.38. The van der Waals surface area contributed by atoms with Crippen LogP contribution in [0, 0.1) is 17.2 Å². The highest BCUT2D eigenvalue weighted by Crippen LogP contribution is 2.28. The molecule has 1 aromatic carbocycles. The van der Waals surface area contributed by atoms with Gasteiger partial charge in [-0.25, -0.2) is 0 Å². The number of benzene rings is 1. The largest absolute Gasteiger partial charge is 0.369 e. The lowest BCUT2D eigenvalue weighted by Gasteiger charge is -2.19. The molecule has 4 heteroatoms. The molecule has 1 fully saturated rings. The molecule has 0 radical (unpaired) electrons. The Kier molecular flexibility index (Phi) is 3.17. The van der Waals surface area contributed by atoms with E-state index in [-0.39, 0.29) is 6.04 Å². The number of nitriles is 1. The number of hydrogen-bond donors (Lipinski definition) is 1. The minimum absolute atomic E-state index is 0.204. The molecule has 0 amide bonds. The second kappa shape index (κ2) is 4.44. The van der Waals surface area contributed by atoms with E-state index in [1.54, 1.807) is 0 Å². The Labute approximate surface area is 104 Å². The number of nitrogens with two attached hydrogens (primary N) is 1. The zero-order valence-corrected chi connectivity index (χ0v) is 10.7. The van der Waals surface area contributed by atoms with Crippen LogP contribution in [-0.2, 0) is 0 Å². The van der Waals surface area contributed by atoms with Gasteiger partial charge in [-0.05, 0) is 24.1 Å². The molecule has 1 aliphatic heterocycles. The third-order valence-corrected chi connectivity index (χ3v) is 3.58. The molecule has 16 heavy (non-hydrogen) atoms. The van der Waals surface area contributed by atoms with Crippen LogP contribution in [0.1, 0.15) is 12.5 Å². The first kappa shape index (κ1) is 11.4. The fourth-order valence-electron chi connectivity index (χ4n) is 2.06. The van der Waals surface area contributed by atoms with Crippen LogP contribution in [0.25, 0.3) is 0 Å². The molecule has 3 nitrogen and oxygen atoms in total. The minimum atomic E-state index is 0.204. The Morgan fingerprint density at radius 3 is 2.81 bits per heavy atom. The summed E-state index contributed by atoms with van der Waals surface area (Å²) in [5, 5.41) is 9.11. The van der Waals surface area contributed by atoms with Gasteiger partial charge in [0.05, 0.1) is 11.3 Å². The lowest BCUT2D eigenvalue weighted by Crippen LogP contribution is -2.28. The zero-order chi connectivity index (χ0) is 11.7. The van der Waals surface area contributed by atoms with E-state index in [1.165, 1.54) is 0 Å². The van der Waals surface area contributed by atoms with Crippen LogP contribution in [0.2, 0.25) is 0 Å². The van der Waals surface area contributed by atoms with Gasteiger partial charge in [-0.1, -0.05) is 22.9 Å². The number of nitrogens with zero attached hydrogens (tertiary/aromatic N) is 2. The van der Waals surface area contributed by atoms with Gasteiger partial charge in [-0.3, -0.25) is 0 Å². The van der Waals surface area contributed by atoms with Crippen molar-refractivity contribution < 1.29 is 0 Å². The van der Waals surface area contributed by atoms with Crippen molar-refractivity contribution in [2.24, 2.45) is 11.7 Å². The van der Waals surface area contributed by atoms with Crippen molar-refractivity contribution >= 4 is 21.6 Å². The van der Waals surface area contributed by atoms with Crippen LogP contribution < -0.4 is 10.6 Å². The Morgan fingerprint density at radius 2 is 2.25 bits per heavy atom. The summed E-state index contributed by atoms with van der Waals surface area (Å²) in [6, 6.07) is 8.23. The molecular weight excluding hydrogens is 266 g/mol. The van der Waals surface area contributed by atoms with E-state index in [0.717, 1.165) is 23.2 Å². The second-order valence-corrected chi connectivity index (χ2v) is 5.24. The van der Waals surface area contributed by atoms with Gasteiger partial charge in [0.2, 0.25) is 0 Å². The highest BCUT2D eigenvalue weighted by Gasteiger charge is 2.27. The fourth-order valence-corrected chi connectivity index (χ4v) is 2.42. The Bertz CT molecular complexity index is 428. The molecule has 0 saturated carbocycles. The molecule has 2 N–H and O–H groups in total. The van der Waals surface area contributed by atoms with Crippen LogP contribution >= 0.6 is 15.9 Å². The van der Waals surface area contributed by atoms with Crippen molar-refractivity contribution in [3.8, 4) is 6.07 Å². The van der Waals surface area contributed by atoms with Crippen LogP contribution in [0.15, 0.2) is 22.7 Å². The molecule has 2 atom stereocenters. The van der Waals surface area contributed by atoms with Gasteiger partial charge in [0.25, 0.3) is 0 Å². The third-order valence-electron chi connectivity index (χ3n) is 3.09. The summed E-state index contributed by atoms with van der Waals surface area (Å²) < 4.78 is 0.935. The van der Waals surface area contributed by atoms with Gasteiger partial charge in [0.1, 0.15) is 6.07 Å². The lowest BCUT2D eigenvalue weighted by molar-refractivity contribution is 0.566. The topological polar surface area (TPSA) is 53.0 Å². The van der Waals surface area contributed by atoms with Crippen molar-refractivity contribution in [2.45, 2.75) is 13.0 Å². The molecule has 1 saturated heterocycles. The molecule has 1 heterocycles. The third kappa shape index (κ3) is 2.06. The average Bonchev–Trinajstić information content (AvgIpc) is 2.59. The van der Waals surface area contributed by atoms with Crippen molar-refractivity contribution in [1.29, 1.82) is 5.26 Å². The summed E-state index contributed by atoms with van der Waals surface area (Å²) in [6.07, 6.45) is 0. The molecule has 0 bridgehead atoms. The van der Waals surface area contributed by atoms with Crippen molar-refractivity contribution in [2.75, 3.05) is 18.0 Å². The summed E-state index contributed by atoms with van der Waals surface area (Å²) in [4.78, 5) is 2.19. The van der Waals surface area contributed by atoms with Gasteiger partial charge in [-0.2, -0.15) is 5.26 Å². The smallest absolute Gasteiger partial charge is 0.101 e. The van der Waals surface area contributed by atoms with E-state index in [9.17, 15) is 0 Å². The molecule has 84 valence electrons. The van der Waals surface area contributed by atoms with E-state index in [0.29, 0.717) is 11.5 Å². The van der Waals surface area contributed by atoms with Gasteiger partial charge < -0.3 is 10.6 Å². The number of anilines is 1. The van der Waals surface area contributed by atoms with Gasteiger partial charge in [0, 0.05) is 23.6 Å². The predicted octanol–water partition coefficient (Wildman–Crippen LogP) is 2.10. The van der Waals surface area contributed by atoms with Gasteiger partial charge in [0.15, 0.2) is 0 Å². The summed E-state index contributed by atoms with van der Waals surface area (Å²) in [5.74, 6) is 0.482. The van der Waals surface area contributed by atoms with Crippen LogP contribution in [0.4, 0.5) is 5.69 Å². The first-order valence-corrected chi connectivity index (χ1v) is 6.11. The van der Waals surface area contributed by atoms with Gasteiger partial charge in [-0.15, -0.1) is 0 Å². The lowest BCUT2D eigenvalue weighted by atomic mass is 10.1. The van der Waals surface area contributed by atoms with Crippen molar-refractivity contribution in [3.05, 3.63) is 28.2 Å². The molecule has 1 aliphatic rings. The standard InChI is InChI=1S/C12H14BrN3/c1-8-6-16(7-11(8)15)12-3-2-10(13)4-9(12)5-14/h2-4,8,11H,6-7,15H2,1H3. The molecule has 2 unspecified atom stereocenters. The van der Waals surface area contributed by atoms with Crippen LogP contribution in [0.5, 0.6) is 0 Å². The summed E-state index contributed by atoms with van der Waals surface area (Å²) in [6.45, 7) is 3.91. The Balaban J connectivity index is 2.32. The van der Waals surface area contributed by atoms with E-state index >= 15 is 0 Å². The highest BCUT2D eigenvalue weighted by atomic mass is 79.9. The fraction of sp³-hybridized carbons (Fsp3) is 0.417. The summed E-state index contributed by atoms with van der Waals surface area (Å²) in [5.41, 5.74) is 7.69. The monoisotopic (exact) mass is 279 g/mol. The maximum absolute atomic E-state index is 9.11. The number of halogens is 1. The Morgan fingerprint density at radius 1 is 1.50 bits per heavy atom. The molecule has 0 aromatic heterocycles. The maximum atomic E-state index is 9.11. The normalized spacial score (nSPS) is 24.5. The SMILES string of the molecule is CC1CN(c2ccc(Br)cc2C#N)CC1N. The predicted molar refractivity (Wildman–Crippen MR) is 68.2 cm³/mol. The molecule has 2 rings (SSSR count). The zero-order valence-electron chi connectivity index (χ0n) is 9.15. The molecule has 0 spiro atoms. The highest BCUT2D eigenvalue weighted by molar-refractivity contribution is 9.10. The Hall–Kier alpha value is -1.05. The number of rotatable bonds is 1. The molecular formula is C12H14BrN3. The first-order valence-electron chi connectivity index (χ1n) is 5.32. The van der Waals surface area contributed by atoms with E-state index in [4.69, 9.17) is 11.0 Å². The number of hydrogen-bond acceptors (Lipinski definition) is 3. The van der Waals surface area contributed by atoms with Crippen LogP contribution in [-0.4, -0.2) is 19.1 Å². The van der Waals surface area contributed by atoms with Crippen molar-refractivity contribution in [1.82, 2.24) is 0 Å². The summed E-state index contributed by atoms with van der Waals surface area (Å²) in [7, 11) is 0. The maximum Gasteiger partial charge on any atom is 0.101 e. The van der Waals surface area contributed by atoms with Crippen LogP contribution in [0.3, 0.4) is 0 Å². The molecule has 0 aliphatic carbocycles. The molecule has 1 aromatic rings. The van der Waals surface area contributed by atoms with Gasteiger partial charge >= 0.3 is 0 Å².